The molecule has 0 saturated heterocycles. The van der Waals surface area contributed by atoms with Gasteiger partial charge in [0.2, 0.25) is 0 Å². The third-order valence-corrected chi connectivity index (χ3v) is 3.95. The predicted octanol–water partition coefficient (Wildman–Crippen LogP) is 4.06. The molecular formula is C16H19NOS. The van der Waals surface area contributed by atoms with Crippen LogP contribution in [-0.4, -0.2) is 9.75 Å². The van der Waals surface area contributed by atoms with Gasteiger partial charge in [0, 0.05) is 21.0 Å². The molecule has 1 atom stereocenters. The molecule has 1 unspecified atom stereocenters. The molecule has 0 aromatic heterocycles. The van der Waals surface area contributed by atoms with Gasteiger partial charge in [-0.15, -0.1) is 0 Å². The van der Waals surface area contributed by atoms with Crippen LogP contribution in [0.3, 0.4) is 0 Å². The highest BCUT2D eigenvalue weighted by molar-refractivity contribution is 7.85. The normalized spacial score (nSPS) is 13.0. The van der Waals surface area contributed by atoms with Gasteiger partial charge in [-0.2, -0.15) is 0 Å². The van der Waals surface area contributed by atoms with Gasteiger partial charge in [0.05, 0.1) is 10.8 Å². The fourth-order valence-electron chi connectivity index (χ4n) is 1.78. The molecule has 19 heavy (non-hydrogen) atoms. The van der Waals surface area contributed by atoms with Gasteiger partial charge in [0.15, 0.2) is 0 Å². The molecule has 2 aromatic rings. The van der Waals surface area contributed by atoms with Gasteiger partial charge >= 0.3 is 0 Å². The van der Waals surface area contributed by atoms with Crippen LogP contribution in [0.2, 0.25) is 0 Å². The van der Waals surface area contributed by atoms with Crippen LogP contribution >= 0.6 is 0 Å². The fraction of sp³-hybridized carbons (Fsp3) is 0.250. The lowest BCUT2D eigenvalue weighted by atomic mass is 10.1. The molecule has 0 saturated carbocycles. The summed E-state index contributed by atoms with van der Waals surface area (Å²) in [5.41, 5.74) is 1.07. The largest absolute Gasteiger partial charge is 0.380 e. The van der Waals surface area contributed by atoms with E-state index in [4.69, 9.17) is 0 Å². The summed E-state index contributed by atoms with van der Waals surface area (Å²) in [6.45, 7) is 6.34. The van der Waals surface area contributed by atoms with Crippen LogP contribution in [0.5, 0.6) is 0 Å². The van der Waals surface area contributed by atoms with E-state index in [9.17, 15) is 4.21 Å². The van der Waals surface area contributed by atoms with Gasteiger partial charge in [0.25, 0.3) is 0 Å². The monoisotopic (exact) mass is 273 g/mol. The second-order valence-corrected chi connectivity index (χ2v) is 6.96. The van der Waals surface area contributed by atoms with Crippen molar-refractivity contribution in [2.75, 3.05) is 5.32 Å². The summed E-state index contributed by atoms with van der Waals surface area (Å²) >= 11 is 0. The molecule has 0 aliphatic carbocycles. The Morgan fingerprint density at radius 1 is 0.842 bits per heavy atom. The highest BCUT2D eigenvalue weighted by Crippen LogP contribution is 2.20. The zero-order chi connectivity index (χ0) is 13.9. The summed E-state index contributed by atoms with van der Waals surface area (Å²) in [6, 6.07) is 17.3. The summed E-state index contributed by atoms with van der Waals surface area (Å²) in [4.78, 5) is 1.66. The van der Waals surface area contributed by atoms with E-state index in [1.807, 2.05) is 54.6 Å². The van der Waals surface area contributed by atoms with Crippen molar-refractivity contribution >= 4 is 16.5 Å². The van der Waals surface area contributed by atoms with Crippen molar-refractivity contribution in [3.8, 4) is 0 Å². The lowest BCUT2D eigenvalue weighted by molar-refractivity contribution is 0.634. The number of rotatable bonds is 3. The van der Waals surface area contributed by atoms with Crippen LogP contribution in [0.25, 0.3) is 0 Å². The summed E-state index contributed by atoms with van der Waals surface area (Å²) in [7, 11) is -1.11. The number of nitrogens with one attached hydrogen (secondary N) is 1. The molecule has 100 valence electrons. The van der Waals surface area contributed by atoms with Crippen LogP contribution < -0.4 is 5.32 Å². The Labute approximate surface area is 117 Å². The quantitative estimate of drug-likeness (QED) is 0.913. The third kappa shape index (κ3) is 3.93. The minimum absolute atomic E-state index is 0.0279. The van der Waals surface area contributed by atoms with Crippen molar-refractivity contribution in [2.45, 2.75) is 36.1 Å². The number of hydrogen-bond donors (Lipinski definition) is 1. The average molecular weight is 273 g/mol. The van der Waals surface area contributed by atoms with Crippen molar-refractivity contribution < 1.29 is 4.21 Å². The molecule has 0 aliphatic rings. The lowest BCUT2D eigenvalue weighted by Crippen LogP contribution is -2.25. The Hall–Kier alpha value is -1.61. The van der Waals surface area contributed by atoms with Crippen molar-refractivity contribution in [3.63, 3.8) is 0 Å². The minimum Gasteiger partial charge on any atom is -0.380 e. The molecule has 0 heterocycles. The molecular weight excluding hydrogens is 254 g/mol. The number of benzene rings is 2. The molecule has 0 amide bonds. The van der Waals surface area contributed by atoms with E-state index < -0.39 is 10.8 Å². The Balaban J connectivity index is 2.17. The molecule has 2 rings (SSSR count). The maximum atomic E-state index is 12.3. The average Bonchev–Trinajstić information content (AvgIpc) is 2.38. The topological polar surface area (TPSA) is 29.1 Å². The smallest absolute Gasteiger partial charge is 0.0849 e. The van der Waals surface area contributed by atoms with Crippen LogP contribution in [0.1, 0.15) is 20.8 Å². The summed E-state index contributed by atoms with van der Waals surface area (Å²) in [5, 5.41) is 3.39. The van der Waals surface area contributed by atoms with Gasteiger partial charge < -0.3 is 5.32 Å². The highest BCUT2D eigenvalue weighted by atomic mass is 32.2. The van der Waals surface area contributed by atoms with Crippen LogP contribution in [0.15, 0.2) is 64.4 Å². The van der Waals surface area contributed by atoms with Gasteiger partial charge in [-0.25, -0.2) is 4.21 Å². The van der Waals surface area contributed by atoms with Crippen molar-refractivity contribution in [1.82, 2.24) is 0 Å². The predicted molar refractivity (Wildman–Crippen MR) is 80.9 cm³/mol. The van der Waals surface area contributed by atoms with E-state index in [2.05, 4.69) is 26.1 Å². The zero-order valence-corrected chi connectivity index (χ0v) is 12.3. The Morgan fingerprint density at radius 2 is 1.37 bits per heavy atom. The first-order chi connectivity index (χ1) is 8.96. The zero-order valence-electron chi connectivity index (χ0n) is 11.5. The van der Waals surface area contributed by atoms with E-state index in [0.717, 1.165) is 15.5 Å². The molecule has 0 aliphatic heterocycles. The Morgan fingerprint density at radius 3 is 1.89 bits per heavy atom. The number of hydrogen-bond acceptors (Lipinski definition) is 2. The Bertz CT molecular complexity index is 556. The fourth-order valence-corrected chi connectivity index (χ4v) is 2.83. The standard InChI is InChI=1S/C16H19NOS/c1-16(2,3)17-13-9-11-15(12-10-13)19(18)14-7-5-4-6-8-14/h4-12,17H,1-3H3. The first-order valence-electron chi connectivity index (χ1n) is 6.31. The van der Waals surface area contributed by atoms with Gasteiger partial charge in [0.1, 0.15) is 0 Å². The first kappa shape index (κ1) is 13.8. The second-order valence-electron chi connectivity index (χ2n) is 5.48. The Kier molecular flexibility index (Phi) is 4.05. The van der Waals surface area contributed by atoms with E-state index in [1.54, 1.807) is 0 Å². The van der Waals surface area contributed by atoms with E-state index in [1.165, 1.54) is 0 Å². The van der Waals surface area contributed by atoms with Gasteiger partial charge in [-0.3, -0.25) is 0 Å². The van der Waals surface area contributed by atoms with Gasteiger partial charge in [-0.1, -0.05) is 18.2 Å². The van der Waals surface area contributed by atoms with Crippen LogP contribution in [0.4, 0.5) is 5.69 Å². The SMILES string of the molecule is CC(C)(C)Nc1ccc(S(=O)c2ccccc2)cc1. The molecule has 2 aromatic carbocycles. The van der Waals surface area contributed by atoms with Crippen LogP contribution in [-0.2, 0) is 10.8 Å². The molecule has 2 nitrogen and oxygen atoms in total. The second kappa shape index (κ2) is 5.57. The first-order valence-corrected chi connectivity index (χ1v) is 7.46. The van der Waals surface area contributed by atoms with Crippen LogP contribution in [0, 0.1) is 0 Å². The van der Waals surface area contributed by atoms with E-state index in [0.29, 0.717) is 0 Å². The van der Waals surface area contributed by atoms with E-state index in [-0.39, 0.29) is 5.54 Å². The molecule has 0 radical (unpaired) electrons. The maximum absolute atomic E-state index is 12.3. The molecule has 1 N–H and O–H groups in total. The minimum atomic E-state index is -1.11. The molecule has 0 fully saturated rings. The van der Waals surface area contributed by atoms with E-state index >= 15 is 0 Å². The maximum Gasteiger partial charge on any atom is 0.0849 e. The molecule has 0 bridgehead atoms. The lowest BCUT2D eigenvalue weighted by Gasteiger charge is -2.22. The molecule has 0 spiro atoms. The number of anilines is 1. The highest BCUT2D eigenvalue weighted by Gasteiger charge is 2.10. The molecule has 3 heteroatoms. The van der Waals surface area contributed by atoms with Crippen molar-refractivity contribution in [3.05, 3.63) is 54.6 Å². The summed E-state index contributed by atoms with van der Waals surface area (Å²) in [6.07, 6.45) is 0. The summed E-state index contributed by atoms with van der Waals surface area (Å²) < 4.78 is 12.3. The van der Waals surface area contributed by atoms with Gasteiger partial charge in [-0.05, 0) is 57.2 Å². The third-order valence-electron chi connectivity index (χ3n) is 2.55. The van der Waals surface area contributed by atoms with Crippen molar-refractivity contribution in [1.29, 1.82) is 0 Å². The summed E-state index contributed by atoms with van der Waals surface area (Å²) in [5.74, 6) is 0. The van der Waals surface area contributed by atoms with Crippen molar-refractivity contribution in [2.24, 2.45) is 0 Å².